The van der Waals surface area contributed by atoms with E-state index in [1.165, 1.54) is 4.90 Å². The van der Waals surface area contributed by atoms with Crippen molar-refractivity contribution in [2.45, 2.75) is 18.4 Å². The first-order chi connectivity index (χ1) is 18.8. The fourth-order valence-corrected chi connectivity index (χ4v) is 4.21. The number of hydrogen-bond donors (Lipinski definition) is 5. The summed E-state index contributed by atoms with van der Waals surface area (Å²) in [5.41, 5.74) is 1.49. The Bertz CT molecular complexity index is 1590. The number of carboxylic acids is 1. The Balaban J connectivity index is 0.000000470. The van der Waals surface area contributed by atoms with Crippen LogP contribution in [-0.2, 0) is 17.1 Å². The van der Waals surface area contributed by atoms with Crippen LogP contribution >= 0.6 is 0 Å². The number of halogens is 3. The van der Waals surface area contributed by atoms with E-state index in [4.69, 9.17) is 19.7 Å². The van der Waals surface area contributed by atoms with Crippen molar-refractivity contribution in [3.63, 3.8) is 0 Å². The van der Waals surface area contributed by atoms with Gasteiger partial charge in [0.25, 0.3) is 5.91 Å². The van der Waals surface area contributed by atoms with Crippen LogP contribution in [0.1, 0.15) is 27.0 Å². The van der Waals surface area contributed by atoms with Crippen LogP contribution in [0.5, 0.6) is 5.75 Å². The SMILES string of the molecule is COc1ccc(CN2C(=O)c3ccccc3C2(O)c2ccc3nc(NC(=O)O)[nH]c3c2)cc1.O=C(O)C(F)(F)F. The molecule has 0 spiro atoms. The van der Waals surface area contributed by atoms with Crippen LogP contribution in [0, 0.1) is 0 Å². The molecule has 5 N–H and O–H groups in total. The molecule has 0 radical (unpaired) electrons. The fraction of sp³-hybridized carbons (Fsp3) is 0.154. The normalized spacial score (nSPS) is 16.2. The Kier molecular flexibility index (Phi) is 7.38. The Morgan fingerprint density at radius 2 is 1.73 bits per heavy atom. The third-order valence-electron chi connectivity index (χ3n) is 6.02. The van der Waals surface area contributed by atoms with Crippen LogP contribution in [0.2, 0.25) is 0 Å². The van der Waals surface area contributed by atoms with E-state index in [2.05, 4.69) is 15.3 Å². The van der Waals surface area contributed by atoms with Crippen LogP contribution in [0.25, 0.3) is 11.0 Å². The third kappa shape index (κ3) is 5.37. The number of aliphatic hydroxyl groups is 1. The number of ether oxygens (including phenoxy) is 1. The van der Waals surface area contributed by atoms with Gasteiger partial charge in [-0.3, -0.25) is 15.0 Å². The summed E-state index contributed by atoms with van der Waals surface area (Å²) in [6.45, 7) is 0.168. The number of carboxylic acid groups (broad SMARTS) is 2. The number of nitrogens with one attached hydrogen (secondary N) is 2. The molecule has 1 unspecified atom stereocenters. The van der Waals surface area contributed by atoms with E-state index in [-0.39, 0.29) is 18.4 Å². The van der Waals surface area contributed by atoms with E-state index in [1.807, 2.05) is 12.1 Å². The highest BCUT2D eigenvalue weighted by Gasteiger charge is 2.49. The minimum atomic E-state index is -5.08. The zero-order valence-corrected chi connectivity index (χ0v) is 20.6. The number of carbonyl (C=O) groups excluding carboxylic acids is 1. The predicted molar refractivity (Wildman–Crippen MR) is 134 cm³/mol. The first-order valence-corrected chi connectivity index (χ1v) is 11.4. The maximum absolute atomic E-state index is 13.3. The lowest BCUT2D eigenvalue weighted by atomic mass is 9.93. The zero-order valence-electron chi connectivity index (χ0n) is 20.6. The Morgan fingerprint density at radius 1 is 1.07 bits per heavy atom. The molecule has 1 aromatic heterocycles. The Hall–Kier alpha value is -5.11. The van der Waals surface area contributed by atoms with Crippen molar-refractivity contribution in [1.82, 2.24) is 14.9 Å². The van der Waals surface area contributed by atoms with Crippen molar-refractivity contribution >= 4 is 35.0 Å². The minimum absolute atomic E-state index is 0.0691. The molecule has 4 aromatic rings. The van der Waals surface area contributed by atoms with Gasteiger partial charge in [-0.1, -0.05) is 36.4 Å². The van der Waals surface area contributed by atoms with Crippen molar-refractivity contribution in [1.29, 1.82) is 0 Å². The van der Waals surface area contributed by atoms with Gasteiger partial charge in [-0.2, -0.15) is 13.2 Å². The highest BCUT2D eigenvalue weighted by atomic mass is 19.4. The number of aromatic amines is 1. The number of rotatable bonds is 5. The predicted octanol–water partition coefficient (Wildman–Crippen LogP) is 4.14. The topological polar surface area (TPSA) is 165 Å². The highest BCUT2D eigenvalue weighted by molar-refractivity contribution is 6.00. The van der Waals surface area contributed by atoms with Gasteiger partial charge in [0.2, 0.25) is 5.95 Å². The second-order valence-electron chi connectivity index (χ2n) is 8.51. The van der Waals surface area contributed by atoms with Crippen LogP contribution in [-0.4, -0.2) is 61.4 Å². The largest absolute Gasteiger partial charge is 0.497 e. The van der Waals surface area contributed by atoms with E-state index in [0.717, 1.165) is 5.56 Å². The molecule has 1 aliphatic heterocycles. The van der Waals surface area contributed by atoms with E-state index in [0.29, 0.717) is 33.5 Å². The number of H-pyrrole nitrogens is 1. The molecular formula is C26H21F3N4O7. The third-order valence-corrected chi connectivity index (χ3v) is 6.02. The molecule has 2 heterocycles. The van der Waals surface area contributed by atoms with Gasteiger partial charge in [-0.25, -0.2) is 14.6 Å². The summed E-state index contributed by atoms with van der Waals surface area (Å²) in [6, 6.07) is 19.3. The van der Waals surface area contributed by atoms with Crippen LogP contribution in [0.3, 0.4) is 0 Å². The number of methoxy groups -OCH3 is 1. The van der Waals surface area contributed by atoms with Crippen LogP contribution in [0.4, 0.5) is 23.9 Å². The molecule has 1 aliphatic rings. The highest BCUT2D eigenvalue weighted by Crippen LogP contribution is 2.43. The molecule has 40 heavy (non-hydrogen) atoms. The number of imidazole rings is 1. The first-order valence-electron chi connectivity index (χ1n) is 11.4. The molecular weight excluding hydrogens is 537 g/mol. The molecule has 3 aromatic carbocycles. The number of fused-ring (bicyclic) bond motifs is 2. The summed E-state index contributed by atoms with van der Waals surface area (Å²) >= 11 is 0. The van der Waals surface area contributed by atoms with Gasteiger partial charge in [0.05, 0.1) is 18.1 Å². The molecule has 2 amide bonds. The average molecular weight is 558 g/mol. The number of benzene rings is 3. The molecule has 5 rings (SSSR count). The second-order valence-corrected chi connectivity index (χ2v) is 8.51. The van der Waals surface area contributed by atoms with Gasteiger partial charge in [0, 0.05) is 23.2 Å². The van der Waals surface area contributed by atoms with E-state index < -0.39 is 24.0 Å². The summed E-state index contributed by atoms with van der Waals surface area (Å²) in [5, 5.41) is 30.3. The molecule has 0 bridgehead atoms. The van der Waals surface area contributed by atoms with Gasteiger partial charge >= 0.3 is 18.2 Å². The Morgan fingerprint density at radius 3 is 2.33 bits per heavy atom. The number of hydrogen-bond acceptors (Lipinski definition) is 6. The van der Waals surface area contributed by atoms with Gasteiger partial charge < -0.3 is 25.0 Å². The molecule has 0 fully saturated rings. The lowest BCUT2D eigenvalue weighted by Crippen LogP contribution is -2.44. The van der Waals surface area contributed by atoms with Crippen molar-refractivity contribution in [2.75, 3.05) is 12.4 Å². The number of anilines is 1. The first kappa shape index (κ1) is 27.9. The molecule has 0 saturated heterocycles. The fourth-order valence-electron chi connectivity index (χ4n) is 4.21. The van der Waals surface area contributed by atoms with Crippen LogP contribution < -0.4 is 10.1 Å². The van der Waals surface area contributed by atoms with Gasteiger partial charge in [0.1, 0.15) is 5.75 Å². The number of aliphatic carboxylic acids is 1. The van der Waals surface area contributed by atoms with Crippen molar-refractivity contribution in [2.24, 2.45) is 0 Å². The maximum Gasteiger partial charge on any atom is 0.490 e. The molecule has 1 atom stereocenters. The summed E-state index contributed by atoms with van der Waals surface area (Å²) in [6.07, 6.45) is -6.33. The van der Waals surface area contributed by atoms with Gasteiger partial charge in [-0.05, 0) is 35.9 Å². The number of alkyl halides is 3. The van der Waals surface area contributed by atoms with E-state index in [9.17, 15) is 27.9 Å². The second kappa shape index (κ2) is 10.6. The molecule has 11 nitrogen and oxygen atoms in total. The summed E-state index contributed by atoms with van der Waals surface area (Å²) in [4.78, 5) is 41.7. The van der Waals surface area contributed by atoms with Gasteiger partial charge in [-0.15, -0.1) is 0 Å². The molecule has 208 valence electrons. The standard InChI is InChI=1S/C24H20N4O5.C2HF3O2/c1-33-16-9-6-14(7-10-16)13-28-21(29)17-4-2-3-5-18(17)24(28,32)15-8-11-19-20(12-15)26-22(25-19)27-23(30)31;3-2(4,5)1(6)7/h2-12,32H,13H2,1H3,(H,30,31)(H2,25,26,27);(H,6,7). The summed E-state index contributed by atoms with van der Waals surface area (Å²) in [7, 11) is 1.58. The number of aromatic nitrogens is 2. The minimum Gasteiger partial charge on any atom is -0.497 e. The van der Waals surface area contributed by atoms with Crippen molar-refractivity contribution < 1.29 is 47.6 Å². The molecule has 0 aliphatic carbocycles. The lowest BCUT2D eigenvalue weighted by molar-refractivity contribution is -0.192. The smallest absolute Gasteiger partial charge is 0.490 e. The molecule has 14 heteroatoms. The summed E-state index contributed by atoms with van der Waals surface area (Å²) in [5.74, 6) is -2.28. The van der Waals surface area contributed by atoms with Crippen LogP contribution in [0.15, 0.2) is 66.7 Å². The average Bonchev–Trinajstić information content (AvgIpc) is 3.40. The number of carbonyl (C=O) groups is 3. The zero-order chi connectivity index (χ0) is 29.2. The van der Waals surface area contributed by atoms with E-state index in [1.54, 1.807) is 61.7 Å². The van der Waals surface area contributed by atoms with Gasteiger partial charge in [0.15, 0.2) is 5.72 Å². The Labute approximate surface area is 223 Å². The quantitative estimate of drug-likeness (QED) is 0.244. The lowest BCUT2D eigenvalue weighted by Gasteiger charge is -2.35. The van der Waals surface area contributed by atoms with E-state index >= 15 is 0 Å². The molecule has 0 saturated carbocycles. The van der Waals surface area contributed by atoms with Crippen molar-refractivity contribution in [3.05, 3.63) is 89.0 Å². The number of amides is 2. The number of nitrogens with zero attached hydrogens (tertiary/aromatic N) is 2. The monoisotopic (exact) mass is 558 g/mol. The van der Waals surface area contributed by atoms with Crippen molar-refractivity contribution in [3.8, 4) is 5.75 Å². The summed E-state index contributed by atoms with van der Waals surface area (Å²) < 4.78 is 36.9. The maximum atomic E-state index is 13.3.